The molecule has 0 saturated heterocycles. The fourth-order valence-corrected chi connectivity index (χ4v) is 1.17. The van der Waals surface area contributed by atoms with Crippen LogP contribution in [-0.2, 0) is 9.53 Å². The molecule has 0 aromatic carbocycles. The highest BCUT2D eigenvalue weighted by atomic mass is 16.5. The van der Waals surface area contributed by atoms with E-state index in [1.807, 2.05) is 0 Å². The fraction of sp³-hybridized carbons (Fsp3) is 0.455. The smallest absolute Gasteiger partial charge is 0.305 e. The number of aliphatic hydroxyl groups is 1. The van der Waals surface area contributed by atoms with E-state index in [0.29, 0.717) is 5.76 Å². The van der Waals surface area contributed by atoms with Crippen LogP contribution in [0, 0.1) is 0 Å². The minimum atomic E-state index is -0.748. The molecule has 0 aliphatic carbocycles. The molecular formula is C11H14O5. The highest BCUT2D eigenvalue weighted by Gasteiger charge is 2.14. The first-order chi connectivity index (χ1) is 7.54. The predicted octanol–water partition coefficient (Wildman–Crippen LogP) is 1.47. The highest BCUT2D eigenvalue weighted by Crippen LogP contribution is 2.17. The number of ether oxygens (including phenoxy) is 1. The van der Waals surface area contributed by atoms with Gasteiger partial charge in [-0.3, -0.25) is 9.59 Å². The zero-order valence-corrected chi connectivity index (χ0v) is 9.23. The number of Topliss-reactive ketones (excluding diaryl/α,β-unsaturated/α-hetero) is 1. The number of carbonyl (C=O) groups excluding carboxylic acids is 2. The molecule has 88 valence electrons. The number of hydrogen-bond acceptors (Lipinski definition) is 5. The van der Waals surface area contributed by atoms with Crippen molar-refractivity contribution < 1.29 is 23.8 Å². The molecule has 16 heavy (non-hydrogen) atoms. The predicted molar refractivity (Wildman–Crippen MR) is 54.9 cm³/mol. The Balaban J connectivity index is 2.56. The first kappa shape index (κ1) is 12.4. The first-order valence-electron chi connectivity index (χ1n) is 4.92. The summed E-state index contributed by atoms with van der Waals surface area (Å²) in [6.07, 6.45) is -0.679. The molecule has 5 nitrogen and oxygen atoms in total. The van der Waals surface area contributed by atoms with Crippen LogP contribution in [0.2, 0.25) is 0 Å². The third-order valence-electron chi connectivity index (χ3n) is 2.10. The maximum atomic E-state index is 11.5. The van der Waals surface area contributed by atoms with Crippen molar-refractivity contribution in [1.29, 1.82) is 0 Å². The van der Waals surface area contributed by atoms with Crippen molar-refractivity contribution in [3.8, 4) is 0 Å². The Hall–Kier alpha value is -1.62. The SMILES string of the molecule is COC(=O)CCC(=O)c1ccc(C(C)O)o1. The monoisotopic (exact) mass is 226 g/mol. The molecule has 0 spiro atoms. The Labute approximate surface area is 93.0 Å². The molecule has 1 rings (SSSR count). The Bertz CT molecular complexity index is 377. The molecule has 1 N–H and O–H groups in total. The Kier molecular flexibility index (Phi) is 4.25. The second kappa shape index (κ2) is 5.46. The zero-order chi connectivity index (χ0) is 12.1. The summed E-state index contributed by atoms with van der Waals surface area (Å²) in [5.41, 5.74) is 0. The molecule has 1 aromatic heterocycles. The van der Waals surface area contributed by atoms with E-state index in [2.05, 4.69) is 4.74 Å². The van der Waals surface area contributed by atoms with Crippen LogP contribution in [0.1, 0.15) is 42.2 Å². The zero-order valence-electron chi connectivity index (χ0n) is 9.23. The van der Waals surface area contributed by atoms with E-state index < -0.39 is 12.1 Å². The molecule has 0 amide bonds. The minimum absolute atomic E-state index is 0.0278. The van der Waals surface area contributed by atoms with Crippen LogP contribution in [0.5, 0.6) is 0 Å². The van der Waals surface area contributed by atoms with Crippen LogP contribution >= 0.6 is 0 Å². The molecule has 0 aliphatic heterocycles. The third kappa shape index (κ3) is 3.20. The first-order valence-corrected chi connectivity index (χ1v) is 4.92. The molecular weight excluding hydrogens is 212 g/mol. The van der Waals surface area contributed by atoms with Gasteiger partial charge >= 0.3 is 5.97 Å². The second-order valence-corrected chi connectivity index (χ2v) is 3.38. The largest absolute Gasteiger partial charge is 0.469 e. The van der Waals surface area contributed by atoms with Gasteiger partial charge in [-0.1, -0.05) is 0 Å². The topological polar surface area (TPSA) is 76.7 Å². The van der Waals surface area contributed by atoms with E-state index in [9.17, 15) is 14.7 Å². The lowest BCUT2D eigenvalue weighted by atomic mass is 10.2. The number of aliphatic hydroxyl groups excluding tert-OH is 1. The lowest BCUT2D eigenvalue weighted by molar-refractivity contribution is -0.140. The van der Waals surface area contributed by atoms with Crippen molar-refractivity contribution in [2.75, 3.05) is 7.11 Å². The maximum Gasteiger partial charge on any atom is 0.305 e. The summed E-state index contributed by atoms with van der Waals surface area (Å²) < 4.78 is 9.54. The number of methoxy groups -OCH3 is 1. The second-order valence-electron chi connectivity index (χ2n) is 3.38. The van der Waals surface area contributed by atoms with E-state index in [-0.39, 0.29) is 24.4 Å². The van der Waals surface area contributed by atoms with E-state index in [4.69, 9.17) is 4.42 Å². The average Bonchev–Trinajstić information content (AvgIpc) is 2.74. The molecule has 1 heterocycles. The Morgan fingerprint density at radius 3 is 2.62 bits per heavy atom. The molecule has 1 aromatic rings. The molecule has 0 fully saturated rings. The lowest BCUT2D eigenvalue weighted by Crippen LogP contribution is -2.05. The molecule has 1 atom stereocenters. The summed E-state index contributed by atoms with van der Waals surface area (Å²) in [6, 6.07) is 3.03. The van der Waals surface area contributed by atoms with Crippen molar-refractivity contribution in [3.05, 3.63) is 23.7 Å². The lowest BCUT2D eigenvalue weighted by Gasteiger charge is -1.99. The Morgan fingerprint density at radius 2 is 2.12 bits per heavy atom. The summed E-state index contributed by atoms with van der Waals surface area (Å²) in [5.74, 6) is -0.228. The average molecular weight is 226 g/mol. The fourth-order valence-electron chi connectivity index (χ4n) is 1.17. The minimum Gasteiger partial charge on any atom is -0.469 e. The van der Waals surface area contributed by atoms with Crippen LogP contribution in [0.3, 0.4) is 0 Å². The van der Waals surface area contributed by atoms with Gasteiger partial charge in [0.1, 0.15) is 11.9 Å². The van der Waals surface area contributed by atoms with Crippen molar-refractivity contribution in [1.82, 2.24) is 0 Å². The normalized spacial score (nSPS) is 12.2. The van der Waals surface area contributed by atoms with E-state index in [0.717, 1.165) is 0 Å². The van der Waals surface area contributed by atoms with E-state index in [1.54, 1.807) is 6.92 Å². The summed E-state index contributed by atoms with van der Waals surface area (Å²) >= 11 is 0. The third-order valence-corrected chi connectivity index (χ3v) is 2.10. The molecule has 0 aliphatic rings. The molecule has 1 unspecified atom stereocenters. The Morgan fingerprint density at radius 1 is 1.44 bits per heavy atom. The van der Waals surface area contributed by atoms with Gasteiger partial charge in [-0.05, 0) is 19.1 Å². The maximum absolute atomic E-state index is 11.5. The van der Waals surface area contributed by atoms with Gasteiger partial charge in [0.25, 0.3) is 0 Å². The van der Waals surface area contributed by atoms with Gasteiger partial charge in [0.2, 0.25) is 0 Å². The van der Waals surface area contributed by atoms with Gasteiger partial charge in [-0.25, -0.2) is 0 Å². The summed E-state index contributed by atoms with van der Waals surface area (Å²) in [7, 11) is 1.27. The summed E-state index contributed by atoms with van der Waals surface area (Å²) in [4.78, 5) is 22.3. The van der Waals surface area contributed by atoms with E-state index >= 15 is 0 Å². The summed E-state index contributed by atoms with van der Waals surface area (Å²) in [5, 5.41) is 9.20. The molecule has 0 bridgehead atoms. The van der Waals surface area contributed by atoms with Crippen LogP contribution in [0.25, 0.3) is 0 Å². The van der Waals surface area contributed by atoms with Crippen molar-refractivity contribution in [3.63, 3.8) is 0 Å². The quantitative estimate of drug-likeness (QED) is 0.607. The van der Waals surface area contributed by atoms with Gasteiger partial charge < -0.3 is 14.3 Å². The number of furan rings is 1. The number of hydrogen-bond donors (Lipinski definition) is 1. The van der Waals surface area contributed by atoms with Crippen LogP contribution < -0.4 is 0 Å². The van der Waals surface area contributed by atoms with Gasteiger partial charge in [-0.2, -0.15) is 0 Å². The van der Waals surface area contributed by atoms with E-state index in [1.165, 1.54) is 19.2 Å². The van der Waals surface area contributed by atoms with Crippen molar-refractivity contribution in [2.45, 2.75) is 25.9 Å². The number of esters is 1. The van der Waals surface area contributed by atoms with Crippen LogP contribution in [0.15, 0.2) is 16.5 Å². The number of rotatable bonds is 5. The van der Waals surface area contributed by atoms with Crippen molar-refractivity contribution in [2.24, 2.45) is 0 Å². The highest BCUT2D eigenvalue weighted by molar-refractivity contribution is 5.95. The van der Waals surface area contributed by atoms with Crippen LogP contribution in [-0.4, -0.2) is 24.0 Å². The molecule has 0 saturated carbocycles. The van der Waals surface area contributed by atoms with Gasteiger partial charge in [-0.15, -0.1) is 0 Å². The van der Waals surface area contributed by atoms with Gasteiger partial charge in [0.15, 0.2) is 11.5 Å². The standard InChI is InChI=1S/C11H14O5/c1-7(12)9-4-5-10(16-9)8(13)3-6-11(14)15-2/h4-5,7,12H,3,6H2,1-2H3. The number of ketones is 1. The molecule has 5 heteroatoms. The van der Waals surface area contributed by atoms with Gasteiger partial charge in [0, 0.05) is 6.42 Å². The van der Waals surface area contributed by atoms with Gasteiger partial charge in [0.05, 0.1) is 13.5 Å². The van der Waals surface area contributed by atoms with Crippen LogP contribution in [0.4, 0.5) is 0 Å². The summed E-state index contributed by atoms with van der Waals surface area (Å²) in [6.45, 7) is 1.54. The molecule has 0 radical (unpaired) electrons. The number of carbonyl (C=O) groups is 2. The van der Waals surface area contributed by atoms with Crippen molar-refractivity contribution >= 4 is 11.8 Å².